The summed E-state index contributed by atoms with van der Waals surface area (Å²) in [5, 5.41) is 0. The fourth-order valence-corrected chi connectivity index (χ4v) is 22.5. The Balaban J connectivity index is 2.74. The summed E-state index contributed by atoms with van der Waals surface area (Å²) in [6.45, 7) is 0. The molecular weight excluding hydrogens is 198 g/mol. The van der Waals surface area contributed by atoms with Crippen LogP contribution in [0.15, 0.2) is 30.3 Å². The normalized spacial score (nSPS) is 12.4. The van der Waals surface area contributed by atoms with Gasteiger partial charge >= 0.3 is 0 Å². The van der Waals surface area contributed by atoms with Gasteiger partial charge in [-0.15, -0.1) is 0 Å². The highest BCUT2D eigenvalue weighted by Crippen LogP contribution is 2.08. The fourth-order valence-electron chi connectivity index (χ4n) is 1.23. The highest BCUT2D eigenvalue weighted by Gasteiger charge is 1.97. The van der Waals surface area contributed by atoms with Gasteiger partial charge in [-0.25, -0.2) is 0 Å². The lowest BCUT2D eigenvalue weighted by Gasteiger charge is -2.21. The van der Waals surface area contributed by atoms with Crippen molar-refractivity contribution in [3.63, 3.8) is 0 Å². The number of anilines is 1. The number of benzene rings is 1. The summed E-state index contributed by atoms with van der Waals surface area (Å²) in [7, 11) is 3.27. The first-order chi connectivity index (χ1) is 5.38. The molecule has 0 bridgehead atoms. The second kappa shape index (κ2) is 4.70. The molecule has 0 unspecified atom stereocenters. The van der Waals surface area contributed by atoms with Crippen molar-refractivity contribution in [2.45, 2.75) is 0 Å². The maximum atomic E-state index is 2.73. The first kappa shape index (κ1) is 8.98. The minimum absolute atomic E-state index is 0.198. The van der Waals surface area contributed by atoms with Gasteiger partial charge in [-0.1, -0.05) is 18.2 Å². The molecule has 0 aliphatic carbocycles. The van der Waals surface area contributed by atoms with Crippen LogP contribution >= 0.6 is 0 Å². The van der Waals surface area contributed by atoms with Crippen LogP contribution in [0, 0.1) is 0 Å². The average Bonchev–Trinajstić information content (AvgIpc) is 2.09. The minimum Gasteiger partial charge on any atom is -0.439 e. The van der Waals surface area contributed by atoms with E-state index < -0.39 is 0 Å². The predicted molar refractivity (Wildman–Crippen MR) is 65.9 cm³/mol. The molecular formula is C6H15NSi4. The zero-order valence-electron chi connectivity index (χ0n) is 7.25. The van der Waals surface area contributed by atoms with Crippen molar-refractivity contribution < 1.29 is 0 Å². The number of para-hydroxylation sites is 1. The van der Waals surface area contributed by atoms with Gasteiger partial charge in [0.25, 0.3) is 0 Å². The molecule has 60 valence electrons. The second-order valence-electron chi connectivity index (χ2n) is 2.51. The molecule has 0 heterocycles. The molecule has 0 aliphatic rings. The van der Waals surface area contributed by atoms with Crippen LogP contribution in [-0.2, 0) is 0 Å². The van der Waals surface area contributed by atoms with E-state index >= 15 is 0 Å². The SMILES string of the molecule is [SiH3][SiH2]N([SiH2][SiH3])c1ccccc1. The molecule has 0 N–H and O–H groups in total. The molecule has 0 fully saturated rings. The van der Waals surface area contributed by atoms with E-state index in [9.17, 15) is 0 Å². The summed E-state index contributed by atoms with van der Waals surface area (Å²) < 4.78 is 2.73. The van der Waals surface area contributed by atoms with E-state index in [2.05, 4.69) is 34.6 Å². The molecule has 0 aromatic heterocycles. The van der Waals surface area contributed by atoms with Crippen molar-refractivity contribution in [3.05, 3.63) is 30.3 Å². The first-order valence-electron chi connectivity index (χ1n) is 4.18. The number of rotatable bonds is 3. The Bertz CT molecular complexity index is 199. The lowest BCUT2D eigenvalue weighted by molar-refractivity contribution is 1.57. The van der Waals surface area contributed by atoms with E-state index in [1.54, 1.807) is 0 Å². The summed E-state index contributed by atoms with van der Waals surface area (Å²) in [6, 6.07) is 10.9. The third kappa shape index (κ3) is 2.44. The average molecular weight is 214 g/mol. The van der Waals surface area contributed by atoms with Gasteiger partial charge < -0.3 is 4.23 Å². The summed E-state index contributed by atoms with van der Waals surface area (Å²) >= 11 is 0. The predicted octanol–water partition coefficient (Wildman–Crippen LogP) is -2.78. The lowest BCUT2D eigenvalue weighted by atomic mass is 10.3. The van der Waals surface area contributed by atoms with Crippen LogP contribution < -0.4 is 4.23 Å². The minimum atomic E-state index is 0.198. The van der Waals surface area contributed by atoms with Crippen LogP contribution in [0.3, 0.4) is 0 Å². The van der Waals surface area contributed by atoms with Crippen molar-refractivity contribution in [3.8, 4) is 0 Å². The van der Waals surface area contributed by atoms with E-state index in [1.807, 2.05) is 0 Å². The van der Waals surface area contributed by atoms with Gasteiger partial charge in [0.1, 0.15) is 0 Å². The highest BCUT2D eigenvalue weighted by molar-refractivity contribution is 7.05. The molecule has 5 heteroatoms. The van der Waals surface area contributed by atoms with Crippen LogP contribution in [0.25, 0.3) is 0 Å². The molecule has 0 saturated carbocycles. The molecule has 0 aliphatic heterocycles. The molecule has 0 amide bonds. The van der Waals surface area contributed by atoms with Gasteiger partial charge in [-0.05, 0) is 12.1 Å². The van der Waals surface area contributed by atoms with Gasteiger partial charge in [0, 0.05) is 25.2 Å². The first-order valence-corrected chi connectivity index (χ1v) is 16.8. The van der Waals surface area contributed by atoms with E-state index in [0.717, 1.165) is 0 Å². The Morgan fingerprint density at radius 2 is 1.55 bits per heavy atom. The monoisotopic (exact) mass is 213 g/mol. The van der Waals surface area contributed by atoms with Gasteiger partial charge in [-0.2, -0.15) is 0 Å². The van der Waals surface area contributed by atoms with E-state index in [-0.39, 0.29) is 18.4 Å². The number of hydrogen-bond donors (Lipinski definition) is 0. The Morgan fingerprint density at radius 1 is 1.00 bits per heavy atom. The van der Waals surface area contributed by atoms with Crippen molar-refractivity contribution in [2.24, 2.45) is 0 Å². The summed E-state index contributed by atoms with van der Waals surface area (Å²) in [5.74, 6) is 0. The lowest BCUT2D eigenvalue weighted by Crippen LogP contribution is -2.32. The van der Waals surface area contributed by atoms with Crippen LogP contribution in [0.4, 0.5) is 5.69 Å². The molecule has 0 radical (unpaired) electrons. The van der Waals surface area contributed by atoms with E-state index in [4.69, 9.17) is 0 Å². The van der Waals surface area contributed by atoms with Gasteiger partial charge in [-0.3, -0.25) is 0 Å². The Labute approximate surface area is 78.4 Å². The van der Waals surface area contributed by atoms with Crippen LogP contribution in [0.1, 0.15) is 0 Å². The van der Waals surface area contributed by atoms with E-state index in [1.165, 1.54) is 25.2 Å². The van der Waals surface area contributed by atoms with Crippen molar-refractivity contribution in [1.82, 2.24) is 0 Å². The third-order valence-corrected chi connectivity index (χ3v) is 16.8. The highest BCUT2D eigenvalue weighted by atomic mass is 29.2. The van der Waals surface area contributed by atoms with Crippen molar-refractivity contribution >= 4 is 43.6 Å². The molecule has 0 saturated heterocycles. The Hall–Kier alpha value is -0.112. The number of hydrogen-bond acceptors (Lipinski definition) is 1. The Morgan fingerprint density at radius 3 is 2.00 bits per heavy atom. The molecule has 0 spiro atoms. The fraction of sp³-hybridized carbons (Fsp3) is 0. The molecule has 1 aromatic rings. The Kier molecular flexibility index (Phi) is 3.84. The van der Waals surface area contributed by atoms with Crippen LogP contribution in [0.2, 0.25) is 0 Å². The van der Waals surface area contributed by atoms with Crippen molar-refractivity contribution in [2.75, 3.05) is 4.23 Å². The maximum absolute atomic E-state index is 2.73. The summed E-state index contributed by atoms with van der Waals surface area (Å²) in [5.41, 5.74) is 1.51. The van der Waals surface area contributed by atoms with Crippen LogP contribution in [0.5, 0.6) is 0 Å². The zero-order valence-corrected chi connectivity index (χ0v) is 14.1. The van der Waals surface area contributed by atoms with Gasteiger partial charge in [0.15, 0.2) is 0 Å². The quantitative estimate of drug-likeness (QED) is 0.491. The third-order valence-electron chi connectivity index (χ3n) is 1.88. The molecule has 1 nitrogen and oxygen atoms in total. The molecule has 1 rings (SSSR count). The molecule has 0 atom stereocenters. The van der Waals surface area contributed by atoms with Crippen molar-refractivity contribution in [1.29, 1.82) is 0 Å². The molecule has 11 heavy (non-hydrogen) atoms. The zero-order chi connectivity index (χ0) is 8.10. The summed E-state index contributed by atoms with van der Waals surface area (Å²) in [6.07, 6.45) is 0. The van der Waals surface area contributed by atoms with Gasteiger partial charge in [0.05, 0.1) is 18.4 Å². The smallest absolute Gasteiger partial charge is 0.0923 e. The maximum Gasteiger partial charge on any atom is 0.0923 e. The topological polar surface area (TPSA) is 3.24 Å². The molecule has 1 aromatic carbocycles. The largest absolute Gasteiger partial charge is 0.439 e. The summed E-state index contributed by atoms with van der Waals surface area (Å²) in [4.78, 5) is 0. The second-order valence-corrected chi connectivity index (χ2v) is 9.99. The van der Waals surface area contributed by atoms with E-state index in [0.29, 0.717) is 0 Å². The van der Waals surface area contributed by atoms with Gasteiger partial charge in [0.2, 0.25) is 0 Å². The number of nitrogens with zero attached hydrogens (tertiary/aromatic N) is 1. The van der Waals surface area contributed by atoms with Crippen LogP contribution in [-0.4, -0.2) is 37.9 Å². The standard InChI is InChI=1S/C6H15NSi4/c8-10-7(11-9)6-4-2-1-3-5-6/h1-5H,10-11H2,8-9H3.